The van der Waals surface area contributed by atoms with Crippen molar-refractivity contribution in [3.05, 3.63) is 33.9 Å². The molecule has 0 spiro atoms. The molecular formula is C12H18NO6P. The molecule has 0 saturated heterocycles. The largest absolute Gasteiger partial charge is 0.497 e. The van der Waals surface area contributed by atoms with Crippen molar-refractivity contribution in [1.29, 1.82) is 0 Å². The molecule has 0 aliphatic rings. The number of hydrogen-bond donors (Lipinski definition) is 2. The molecule has 0 saturated carbocycles. The number of hydrogen-bond acceptors (Lipinski definition) is 4. The summed E-state index contributed by atoms with van der Waals surface area (Å²) in [7, 11) is -3.19. The van der Waals surface area contributed by atoms with Crippen molar-refractivity contribution in [2.45, 2.75) is 31.8 Å². The van der Waals surface area contributed by atoms with Gasteiger partial charge in [-0.25, -0.2) is 0 Å². The predicted molar refractivity (Wildman–Crippen MR) is 74.0 cm³/mol. The first-order valence-electron chi connectivity index (χ1n) is 6.12. The Morgan fingerprint density at radius 1 is 1.35 bits per heavy atom. The van der Waals surface area contributed by atoms with Gasteiger partial charge >= 0.3 is 7.60 Å². The molecule has 112 valence electrons. The van der Waals surface area contributed by atoms with Crippen LogP contribution < -0.4 is 4.74 Å². The van der Waals surface area contributed by atoms with Crippen molar-refractivity contribution >= 4 is 13.3 Å². The highest BCUT2D eigenvalue weighted by Gasteiger charge is 2.48. The lowest BCUT2D eigenvalue weighted by Gasteiger charge is -2.32. The minimum Gasteiger partial charge on any atom is -0.497 e. The molecule has 0 radical (unpaired) electrons. The molecule has 0 amide bonds. The normalized spacial score (nSPS) is 12.2. The Hall–Kier alpha value is -1.43. The Bertz CT molecular complexity index is 549. The van der Waals surface area contributed by atoms with Gasteiger partial charge in [0.2, 0.25) is 0 Å². The molecule has 7 nitrogen and oxygen atoms in total. The zero-order valence-electron chi connectivity index (χ0n) is 11.6. The maximum absolute atomic E-state index is 11.9. The van der Waals surface area contributed by atoms with Crippen LogP contribution in [0.2, 0.25) is 0 Å². The van der Waals surface area contributed by atoms with Crippen molar-refractivity contribution in [2.75, 3.05) is 7.11 Å². The van der Waals surface area contributed by atoms with Crippen LogP contribution in [0.25, 0.3) is 0 Å². The van der Waals surface area contributed by atoms with E-state index in [0.29, 0.717) is 0 Å². The summed E-state index contributed by atoms with van der Waals surface area (Å²) in [5, 5.41) is 9.64. The van der Waals surface area contributed by atoms with Gasteiger partial charge in [0.1, 0.15) is 10.9 Å². The summed E-state index contributed by atoms with van der Waals surface area (Å²) < 4.78 is 16.8. The molecule has 0 atom stereocenters. The van der Waals surface area contributed by atoms with Crippen LogP contribution in [0.5, 0.6) is 5.75 Å². The lowest BCUT2D eigenvalue weighted by Crippen LogP contribution is -2.25. The van der Waals surface area contributed by atoms with E-state index in [0.717, 1.165) is 0 Å². The van der Waals surface area contributed by atoms with E-state index >= 15 is 0 Å². The summed E-state index contributed by atoms with van der Waals surface area (Å²) in [4.78, 5) is 29.9. The van der Waals surface area contributed by atoms with E-state index in [2.05, 4.69) is 0 Å². The summed E-state index contributed by atoms with van der Waals surface area (Å²) >= 11 is 0. The highest BCUT2D eigenvalue weighted by Crippen LogP contribution is 2.62. The Labute approximate surface area is 116 Å². The summed E-state index contributed by atoms with van der Waals surface area (Å²) in [5.74, 6) is 0.271. The lowest BCUT2D eigenvalue weighted by molar-refractivity contribution is -0.386. The molecule has 0 aromatic heterocycles. The minimum atomic E-state index is -4.56. The van der Waals surface area contributed by atoms with E-state index in [1.54, 1.807) is 13.8 Å². The topological polar surface area (TPSA) is 110 Å². The smallest absolute Gasteiger partial charge is 0.336 e. The van der Waals surface area contributed by atoms with Gasteiger partial charge in [-0.1, -0.05) is 13.8 Å². The van der Waals surface area contributed by atoms with Gasteiger partial charge in [-0.15, -0.1) is 0 Å². The lowest BCUT2D eigenvalue weighted by atomic mass is 9.91. The fourth-order valence-electron chi connectivity index (χ4n) is 2.38. The maximum Gasteiger partial charge on any atom is 0.336 e. The minimum absolute atomic E-state index is 0.0432. The summed E-state index contributed by atoms with van der Waals surface area (Å²) in [6.45, 7) is 3.22. The van der Waals surface area contributed by atoms with Crippen molar-refractivity contribution in [3.63, 3.8) is 0 Å². The molecule has 1 aromatic rings. The van der Waals surface area contributed by atoms with Gasteiger partial charge in [0.25, 0.3) is 5.69 Å². The third-order valence-corrected chi connectivity index (χ3v) is 5.62. The van der Waals surface area contributed by atoms with Gasteiger partial charge in [-0.3, -0.25) is 14.7 Å². The third-order valence-electron chi connectivity index (χ3n) is 3.63. The van der Waals surface area contributed by atoms with Crippen LogP contribution in [0.1, 0.15) is 32.3 Å². The number of rotatable bonds is 6. The fraction of sp³-hybridized carbons (Fsp3) is 0.500. The Morgan fingerprint density at radius 3 is 2.25 bits per heavy atom. The van der Waals surface area contributed by atoms with Crippen LogP contribution in [0, 0.1) is 10.1 Å². The van der Waals surface area contributed by atoms with Gasteiger partial charge in [-0.2, -0.15) is 0 Å². The van der Waals surface area contributed by atoms with E-state index in [1.165, 1.54) is 25.3 Å². The van der Waals surface area contributed by atoms with Crippen LogP contribution in [-0.4, -0.2) is 21.8 Å². The van der Waals surface area contributed by atoms with E-state index in [9.17, 15) is 24.5 Å². The third kappa shape index (κ3) is 2.70. The van der Waals surface area contributed by atoms with Crippen molar-refractivity contribution < 1.29 is 24.0 Å². The molecule has 0 aliphatic heterocycles. The molecule has 1 rings (SSSR count). The van der Waals surface area contributed by atoms with Crippen molar-refractivity contribution in [2.24, 2.45) is 0 Å². The average Bonchev–Trinajstić information content (AvgIpc) is 2.39. The van der Waals surface area contributed by atoms with Gasteiger partial charge in [0, 0.05) is 5.56 Å². The zero-order chi connectivity index (χ0) is 15.6. The van der Waals surface area contributed by atoms with Crippen LogP contribution in [0.3, 0.4) is 0 Å². The van der Waals surface area contributed by atoms with Crippen LogP contribution >= 0.6 is 7.60 Å². The predicted octanol–water partition coefficient (Wildman–Crippen LogP) is 2.80. The van der Waals surface area contributed by atoms with Gasteiger partial charge in [0.05, 0.1) is 18.1 Å². The molecule has 1 aromatic carbocycles. The van der Waals surface area contributed by atoms with E-state index in [1.807, 2.05) is 0 Å². The molecular weight excluding hydrogens is 285 g/mol. The summed E-state index contributed by atoms with van der Waals surface area (Å²) in [6.07, 6.45) is 0.196. The molecule has 2 N–H and O–H groups in total. The monoisotopic (exact) mass is 303 g/mol. The van der Waals surface area contributed by atoms with Gasteiger partial charge in [-0.05, 0) is 25.0 Å². The van der Waals surface area contributed by atoms with Gasteiger partial charge in [0.15, 0.2) is 0 Å². The Balaban J connectivity index is 3.65. The maximum atomic E-state index is 11.9. The average molecular weight is 303 g/mol. The van der Waals surface area contributed by atoms with Crippen LogP contribution in [-0.2, 0) is 9.72 Å². The highest BCUT2D eigenvalue weighted by molar-refractivity contribution is 7.53. The number of nitrogens with zero attached hydrogens (tertiary/aromatic N) is 1. The molecule has 20 heavy (non-hydrogen) atoms. The Kier molecular flexibility index (Phi) is 4.91. The molecule has 0 unspecified atom stereocenters. The molecule has 0 aliphatic carbocycles. The standard InChI is InChI=1S/C12H18NO6P/c1-4-12(5-2,20(16,17)18)10-7-6-9(19-3)8-11(10)13(14)15/h6-8H,4-5H2,1-3H3,(H2,16,17,18). The van der Waals surface area contributed by atoms with E-state index < -0.39 is 17.7 Å². The number of nitro benzene ring substituents is 1. The number of nitro groups is 1. The fourth-order valence-corrected chi connectivity index (χ4v) is 3.71. The number of ether oxygens (including phenoxy) is 1. The van der Waals surface area contributed by atoms with Crippen molar-refractivity contribution in [1.82, 2.24) is 0 Å². The zero-order valence-corrected chi connectivity index (χ0v) is 12.5. The van der Waals surface area contributed by atoms with Crippen molar-refractivity contribution in [3.8, 4) is 5.75 Å². The SMILES string of the molecule is CCC(CC)(c1ccc(OC)cc1[N+](=O)[O-])P(=O)(O)O. The summed E-state index contributed by atoms with van der Waals surface area (Å²) in [5.41, 5.74) is -0.294. The van der Waals surface area contributed by atoms with E-state index in [-0.39, 0.29) is 29.8 Å². The first-order chi connectivity index (χ1) is 9.23. The first-order valence-corrected chi connectivity index (χ1v) is 7.73. The number of methoxy groups -OCH3 is 1. The first kappa shape index (κ1) is 16.6. The molecule has 0 fully saturated rings. The summed E-state index contributed by atoms with van der Waals surface area (Å²) in [6, 6.07) is 4.02. The highest BCUT2D eigenvalue weighted by atomic mass is 31.2. The van der Waals surface area contributed by atoms with E-state index in [4.69, 9.17) is 4.74 Å². The van der Waals surface area contributed by atoms with Crippen LogP contribution in [0.4, 0.5) is 5.69 Å². The number of benzene rings is 1. The Morgan fingerprint density at radius 2 is 1.90 bits per heavy atom. The molecule has 8 heteroatoms. The van der Waals surface area contributed by atoms with Crippen LogP contribution in [0.15, 0.2) is 18.2 Å². The quantitative estimate of drug-likeness (QED) is 0.475. The second kappa shape index (κ2) is 5.91. The second-order valence-electron chi connectivity index (χ2n) is 4.42. The van der Waals surface area contributed by atoms with Gasteiger partial charge < -0.3 is 14.5 Å². The molecule has 0 heterocycles. The second-order valence-corrected chi connectivity index (χ2v) is 6.37. The molecule has 0 bridgehead atoms.